The zero-order valence-corrected chi connectivity index (χ0v) is 14.5. The number of rotatable bonds is 5. The molecule has 1 aromatic carbocycles. The van der Waals surface area contributed by atoms with Crippen LogP contribution in [0, 0.1) is 0 Å². The van der Waals surface area contributed by atoms with E-state index < -0.39 is 0 Å². The molecule has 0 fully saturated rings. The van der Waals surface area contributed by atoms with Gasteiger partial charge in [-0.25, -0.2) is 0 Å². The Balaban J connectivity index is 1.71. The largest absolute Gasteiger partial charge is 0.378 e. The van der Waals surface area contributed by atoms with Crippen molar-refractivity contribution in [3.63, 3.8) is 0 Å². The first-order valence-corrected chi connectivity index (χ1v) is 8.38. The molecule has 7 heteroatoms. The number of carbonyl (C=O) groups excluding carboxylic acids is 1. The summed E-state index contributed by atoms with van der Waals surface area (Å²) in [6, 6.07) is 11.1. The Morgan fingerprint density at radius 2 is 2.00 bits per heavy atom. The molecular weight excluding hydrogens is 324 g/mol. The van der Waals surface area contributed by atoms with Crippen molar-refractivity contribution >= 4 is 22.9 Å². The number of benzene rings is 1. The van der Waals surface area contributed by atoms with E-state index in [0.29, 0.717) is 16.6 Å². The summed E-state index contributed by atoms with van der Waals surface area (Å²) in [6.07, 6.45) is 0. The summed E-state index contributed by atoms with van der Waals surface area (Å²) >= 11 is 1.39. The van der Waals surface area contributed by atoms with Crippen LogP contribution in [-0.2, 0) is 0 Å². The van der Waals surface area contributed by atoms with E-state index in [2.05, 4.69) is 15.5 Å². The van der Waals surface area contributed by atoms with Crippen molar-refractivity contribution in [2.24, 2.45) is 0 Å². The van der Waals surface area contributed by atoms with E-state index in [-0.39, 0.29) is 11.9 Å². The molecule has 0 radical (unpaired) electrons. The molecule has 3 rings (SSSR count). The fourth-order valence-corrected chi connectivity index (χ4v) is 2.80. The van der Waals surface area contributed by atoms with Crippen molar-refractivity contribution in [2.75, 3.05) is 19.0 Å². The number of aromatic nitrogens is 2. The van der Waals surface area contributed by atoms with Crippen LogP contribution < -0.4 is 10.2 Å². The number of hydrogen-bond donors (Lipinski definition) is 1. The van der Waals surface area contributed by atoms with E-state index in [1.54, 1.807) is 6.07 Å². The fourth-order valence-electron chi connectivity index (χ4n) is 2.17. The number of hydrogen-bond acceptors (Lipinski definition) is 6. The van der Waals surface area contributed by atoms with Crippen LogP contribution in [0.25, 0.3) is 11.4 Å². The Hall–Kier alpha value is -2.67. The first-order valence-electron chi connectivity index (χ1n) is 7.50. The lowest BCUT2D eigenvalue weighted by Crippen LogP contribution is -2.26. The highest BCUT2D eigenvalue weighted by Gasteiger charge is 2.18. The molecule has 0 aliphatic rings. The Morgan fingerprint density at radius 1 is 1.25 bits per heavy atom. The molecule has 0 aliphatic heterocycles. The van der Waals surface area contributed by atoms with Gasteiger partial charge in [-0.1, -0.05) is 11.2 Å². The molecule has 1 N–H and O–H groups in total. The topological polar surface area (TPSA) is 71.3 Å². The summed E-state index contributed by atoms with van der Waals surface area (Å²) in [5.74, 6) is 0.742. The highest BCUT2D eigenvalue weighted by molar-refractivity contribution is 7.12. The van der Waals surface area contributed by atoms with Gasteiger partial charge in [0.2, 0.25) is 11.7 Å². The van der Waals surface area contributed by atoms with E-state index >= 15 is 0 Å². The Kier molecular flexibility index (Phi) is 4.61. The number of thiophene rings is 1. The second-order valence-electron chi connectivity index (χ2n) is 5.57. The molecule has 1 atom stereocenters. The predicted octanol–water partition coefficient (Wildman–Crippen LogP) is 3.36. The molecule has 6 nitrogen and oxygen atoms in total. The molecule has 124 valence electrons. The van der Waals surface area contributed by atoms with Crippen molar-refractivity contribution in [3.05, 3.63) is 52.5 Å². The van der Waals surface area contributed by atoms with Gasteiger partial charge in [-0.15, -0.1) is 11.3 Å². The second-order valence-corrected chi connectivity index (χ2v) is 6.52. The maximum atomic E-state index is 12.1. The van der Waals surface area contributed by atoms with E-state index in [1.807, 2.05) is 61.6 Å². The molecule has 0 bridgehead atoms. The Morgan fingerprint density at radius 3 is 2.62 bits per heavy atom. The van der Waals surface area contributed by atoms with Crippen LogP contribution in [0.1, 0.15) is 28.5 Å². The minimum Gasteiger partial charge on any atom is -0.378 e. The second kappa shape index (κ2) is 6.84. The van der Waals surface area contributed by atoms with E-state index in [0.717, 1.165) is 11.3 Å². The van der Waals surface area contributed by atoms with Crippen LogP contribution >= 0.6 is 11.3 Å². The lowest BCUT2D eigenvalue weighted by Gasteiger charge is -2.11. The van der Waals surface area contributed by atoms with Crippen molar-refractivity contribution < 1.29 is 9.32 Å². The molecule has 0 aliphatic carbocycles. The third-order valence-electron chi connectivity index (χ3n) is 3.55. The number of anilines is 1. The van der Waals surface area contributed by atoms with Gasteiger partial charge in [-0.05, 0) is 42.6 Å². The van der Waals surface area contributed by atoms with Gasteiger partial charge in [0.15, 0.2) is 0 Å². The zero-order valence-electron chi connectivity index (χ0n) is 13.7. The van der Waals surface area contributed by atoms with Gasteiger partial charge in [-0.3, -0.25) is 4.79 Å². The summed E-state index contributed by atoms with van der Waals surface area (Å²) < 4.78 is 5.29. The van der Waals surface area contributed by atoms with Crippen molar-refractivity contribution in [1.82, 2.24) is 15.5 Å². The minimum absolute atomic E-state index is 0.146. The molecule has 0 spiro atoms. The average Bonchev–Trinajstić information content (AvgIpc) is 3.26. The van der Waals surface area contributed by atoms with Gasteiger partial charge >= 0.3 is 0 Å². The molecule has 1 amide bonds. The molecule has 0 saturated carbocycles. The molecule has 24 heavy (non-hydrogen) atoms. The van der Waals surface area contributed by atoms with Gasteiger partial charge in [0.1, 0.15) is 6.04 Å². The maximum Gasteiger partial charge on any atom is 0.261 e. The first kappa shape index (κ1) is 16.2. The third-order valence-corrected chi connectivity index (χ3v) is 4.42. The summed E-state index contributed by atoms with van der Waals surface area (Å²) in [7, 11) is 3.97. The fraction of sp³-hybridized carbons (Fsp3) is 0.235. The molecule has 2 aromatic heterocycles. The van der Waals surface area contributed by atoms with Gasteiger partial charge in [0.25, 0.3) is 5.91 Å². The lowest BCUT2D eigenvalue weighted by atomic mass is 10.2. The van der Waals surface area contributed by atoms with Crippen molar-refractivity contribution in [2.45, 2.75) is 13.0 Å². The Labute approximate surface area is 144 Å². The van der Waals surface area contributed by atoms with Crippen LogP contribution in [0.2, 0.25) is 0 Å². The maximum absolute atomic E-state index is 12.1. The van der Waals surface area contributed by atoms with Gasteiger partial charge in [-0.2, -0.15) is 4.98 Å². The third kappa shape index (κ3) is 3.46. The van der Waals surface area contributed by atoms with Crippen molar-refractivity contribution in [1.29, 1.82) is 0 Å². The van der Waals surface area contributed by atoms with Crippen LogP contribution in [0.3, 0.4) is 0 Å². The monoisotopic (exact) mass is 342 g/mol. The van der Waals surface area contributed by atoms with Crippen LogP contribution in [0.15, 0.2) is 46.3 Å². The van der Waals surface area contributed by atoms with Crippen LogP contribution in [0.5, 0.6) is 0 Å². The van der Waals surface area contributed by atoms with Gasteiger partial charge < -0.3 is 14.7 Å². The van der Waals surface area contributed by atoms with E-state index in [9.17, 15) is 4.79 Å². The van der Waals surface area contributed by atoms with Crippen molar-refractivity contribution in [3.8, 4) is 11.4 Å². The first-order chi connectivity index (χ1) is 11.5. The highest BCUT2D eigenvalue weighted by atomic mass is 32.1. The number of amides is 1. The quantitative estimate of drug-likeness (QED) is 0.770. The minimum atomic E-state index is -0.359. The lowest BCUT2D eigenvalue weighted by molar-refractivity contribution is 0.0936. The zero-order chi connectivity index (χ0) is 17.1. The molecule has 3 aromatic rings. The van der Waals surface area contributed by atoms with Gasteiger partial charge in [0.05, 0.1) is 4.88 Å². The van der Waals surface area contributed by atoms with Crippen LogP contribution in [0.4, 0.5) is 5.69 Å². The molecule has 2 heterocycles. The molecule has 0 saturated heterocycles. The molecule has 0 unspecified atom stereocenters. The smallest absolute Gasteiger partial charge is 0.261 e. The van der Waals surface area contributed by atoms with E-state index in [1.165, 1.54) is 11.3 Å². The number of carbonyl (C=O) groups is 1. The summed E-state index contributed by atoms with van der Waals surface area (Å²) in [5.41, 5.74) is 1.96. The Bertz CT molecular complexity index is 810. The normalized spacial score (nSPS) is 12.0. The van der Waals surface area contributed by atoms with Crippen LogP contribution in [-0.4, -0.2) is 30.1 Å². The standard InChI is InChI=1S/C17H18N4O2S/c1-11(18-16(22)14-5-4-10-24-14)17-19-15(20-23-17)12-6-8-13(9-7-12)21(2)3/h4-11H,1-3H3,(H,18,22)/t11-/m1/s1. The highest BCUT2D eigenvalue weighted by Crippen LogP contribution is 2.22. The summed E-state index contributed by atoms with van der Waals surface area (Å²) in [4.78, 5) is 19.1. The number of nitrogens with one attached hydrogen (secondary N) is 1. The van der Waals surface area contributed by atoms with Gasteiger partial charge in [0, 0.05) is 25.3 Å². The summed E-state index contributed by atoms with van der Waals surface area (Å²) in [6.45, 7) is 1.82. The molecular formula is C17H18N4O2S. The number of nitrogens with zero attached hydrogens (tertiary/aromatic N) is 3. The SMILES string of the molecule is C[C@@H](NC(=O)c1cccs1)c1nc(-c2ccc(N(C)C)cc2)no1. The average molecular weight is 342 g/mol. The summed E-state index contributed by atoms with van der Waals surface area (Å²) in [5, 5.41) is 8.72. The predicted molar refractivity (Wildman–Crippen MR) is 94.3 cm³/mol. The van der Waals surface area contributed by atoms with E-state index in [4.69, 9.17) is 4.52 Å².